The van der Waals surface area contributed by atoms with Crippen molar-refractivity contribution >= 4 is 0 Å². The number of benzene rings is 1. The van der Waals surface area contributed by atoms with E-state index in [2.05, 4.69) is 5.32 Å². The van der Waals surface area contributed by atoms with Crippen molar-refractivity contribution in [1.29, 1.82) is 0 Å². The second-order valence-electron chi connectivity index (χ2n) is 5.44. The van der Waals surface area contributed by atoms with Gasteiger partial charge in [0.15, 0.2) is 6.10 Å². The third kappa shape index (κ3) is 5.00. The molecule has 21 heavy (non-hydrogen) atoms. The minimum absolute atomic E-state index is 0.000736. The van der Waals surface area contributed by atoms with E-state index in [0.717, 1.165) is 29.2 Å². The van der Waals surface area contributed by atoms with Gasteiger partial charge in [-0.3, -0.25) is 0 Å². The van der Waals surface area contributed by atoms with Crippen LogP contribution in [0.4, 0.5) is 13.2 Å². The number of rotatable bonds is 6. The minimum atomic E-state index is -4.33. The quantitative estimate of drug-likeness (QED) is 0.849. The molecule has 120 valence electrons. The molecule has 1 N–H and O–H groups in total. The van der Waals surface area contributed by atoms with Gasteiger partial charge in [0.1, 0.15) is 0 Å². The van der Waals surface area contributed by atoms with Crippen molar-refractivity contribution in [2.24, 2.45) is 0 Å². The molecular weight excluding hydrogens is 279 g/mol. The molecule has 0 saturated carbocycles. The van der Waals surface area contributed by atoms with E-state index in [9.17, 15) is 13.2 Å². The van der Waals surface area contributed by atoms with E-state index in [4.69, 9.17) is 4.74 Å². The number of alkyl halides is 3. The van der Waals surface area contributed by atoms with Crippen molar-refractivity contribution < 1.29 is 17.9 Å². The van der Waals surface area contributed by atoms with E-state index in [1.807, 2.05) is 39.8 Å². The Morgan fingerprint density at radius 2 is 1.67 bits per heavy atom. The van der Waals surface area contributed by atoms with Crippen LogP contribution >= 0.6 is 0 Å². The minimum Gasteiger partial charge on any atom is -0.367 e. The van der Waals surface area contributed by atoms with Crippen molar-refractivity contribution in [3.63, 3.8) is 0 Å². The maximum Gasteiger partial charge on any atom is 0.414 e. The van der Waals surface area contributed by atoms with Crippen molar-refractivity contribution in [2.45, 2.75) is 52.9 Å². The highest BCUT2D eigenvalue weighted by Crippen LogP contribution is 2.27. The van der Waals surface area contributed by atoms with Gasteiger partial charge in [-0.05, 0) is 50.9 Å². The fourth-order valence-electron chi connectivity index (χ4n) is 2.57. The normalized spacial score (nSPS) is 15.0. The number of aryl methyl sites for hydroxylation is 3. The molecule has 0 aliphatic carbocycles. The molecule has 0 bridgehead atoms. The zero-order valence-electron chi connectivity index (χ0n) is 13.3. The molecule has 5 heteroatoms. The zero-order valence-corrected chi connectivity index (χ0v) is 13.3. The number of hydrogen-bond donors (Lipinski definition) is 1. The van der Waals surface area contributed by atoms with E-state index in [0.29, 0.717) is 6.54 Å². The van der Waals surface area contributed by atoms with Crippen molar-refractivity contribution in [1.82, 2.24) is 5.32 Å². The first-order chi connectivity index (χ1) is 9.66. The van der Waals surface area contributed by atoms with Crippen molar-refractivity contribution in [2.75, 3.05) is 13.2 Å². The zero-order chi connectivity index (χ0) is 16.2. The molecule has 2 atom stereocenters. The van der Waals surface area contributed by atoms with Crippen LogP contribution in [-0.2, 0) is 4.74 Å². The highest BCUT2D eigenvalue weighted by Gasteiger charge is 2.37. The molecule has 0 aliphatic rings. The van der Waals surface area contributed by atoms with Gasteiger partial charge >= 0.3 is 6.18 Å². The molecule has 0 spiro atoms. The van der Waals surface area contributed by atoms with E-state index in [-0.39, 0.29) is 12.6 Å². The molecule has 2 unspecified atom stereocenters. The average Bonchev–Trinajstić information content (AvgIpc) is 2.32. The summed E-state index contributed by atoms with van der Waals surface area (Å²) < 4.78 is 42.7. The summed E-state index contributed by atoms with van der Waals surface area (Å²) >= 11 is 0. The topological polar surface area (TPSA) is 21.3 Å². The van der Waals surface area contributed by atoms with Gasteiger partial charge in [0.05, 0.1) is 12.6 Å². The maximum atomic E-state index is 12.6. The van der Waals surface area contributed by atoms with Crippen molar-refractivity contribution in [3.05, 3.63) is 34.4 Å². The van der Waals surface area contributed by atoms with Crippen LogP contribution in [0.5, 0.6) is 0 Å². The lowest BCUT2D eigenvalue weighted by atomic mass is 9.94. The van der Waals surface area contributed by atoms with Crippen LogP contribution in [0.25, 0.3) is 0 Å². The second kappa shape index (κ2) is 7.27. The highest BCUT2D eigenvalue weighted by molar-refractivity contribution is 5.39. The van der Waals surface area contributed by atoms with Gasteiger partial charge in [-0.1, -0.05) is 24.6 Å². The fraction of sp³-hybridized carbons (Fsp3) is 0.625. The third-order valence-corrected chi connectivity index (χ3v) is 3.51. The first-order valence-electron chi connectivity index (χ1n) is 7.16. The molecule has 0 fully saturated rings. The van der Waals surface area contributed by atoms with Crippen molar-refractivity contribution in [3.8, 4) is 0 Å². The van der Waals surface area contributed by atoms with E-state index in [1.165, 1.54) is 0 Å². The summed E-state index contributed by atoms with van der Waals surface area (Å²) in [5.41, 5.74) is 4.31. The molecule has 0 aliphatic heterocycles. The standard InChI is InChI=1S/C16H24F3NO/c1-6-20-14(9-21-13(5)16(17,18)19)15-11(3)7-10(2)8-12(15)4/h7-8,13-14,20H,6,9H2,1-5H3. The predicted octanol–water partition coefficient (Wildman–Crippen LogP) is 4.23. The monoisotopic (exact) mass is 303 g/mol. The Labute approximate surface area is 124 Å². The summed E-state index contributed by atoms with van der Waals surface area (Å²) in [6, 6.07) is 3.85. The molecule has 0 aromatic heterocycles. The molecule has 1 aromatic carbocycles. The largest absolute Gasteiger partial charge is 0.414 e. The smallest absolute Gasteiger partial charge is 0.367 e. The first-order valence-corrected chi connectivity index (χ1v) is 7.16. The van der Waals surface area contributed by atoms with Crippen LogP contribution in [0.15, 0.2) is 12.1 Å². The van der Waals surface area contributed by atoms with E-state index < -0.39 is 12.3 Å². The van der Waals surface area contributed by atoms with Crippen LogP contribution in [0.2, 0.25) is 0 Å². The lowest BCUT2D eigenvalue weighted by molar-refractivity contribution is -0.215. The van der Waals surface area contributed by atoms with Gasteiger partial charge in [-0.2, -0.15) is 13.2 Å². The Morgan fingerprint density at radius 3 is 2.10 bits per heavy atom. The molecule has 0 radical (unpaired) electrons. The average molecular weight is 303 g/mol. The van der Waals surface area contributed by atoms with Crippen LogP contribution in [-0.4, -0.2) is 25.4 Å². The SMILES string of the molecule is CCNC(COC(C)C(F)(F)F)c1c(C)cc(C)cc1C. The number of ether oxygens (including phenoxy) is 1. The molecule has 2 nitrogen and oxygen atoms in total. The Morgan fingerprint density at radius 1 is 1.14 bits per heavy atom. The Bertz CT molecular complexity index is 448. The number of likely N-dealkylation sites (N-methyl/N-ethyl adjacent to an activating group) is 1. The molecule has 0 saturated heterocycles. The van der Waals surface area contributed by atoms with Gasteiger partial charge in [0.25, 0.3) is 0 Å². The Kier molecular flexibility index (Phi) is 6.23. The van der Waals surface area contributed by atoms with Gasteiger partial charge in [0.2, 0.25) is 0 Å². The molecule has 1 rings (SSSR count). The summed E-state index contributed by atoms with van der Waals surface area (Å²) in [5, 5.41) is 3.21. The fourth-order valence-corrected chi connectivity index (χ4v) is 2.57. The summed E-state index contributed by atoms with van der Waals surface area (Å²) in [6.07, 6.45) is -6.08. The third-order valence-electron chi connectivity index (χ3n) is 3.51. The number of halogens is 3. The lowest BCUT2D eigenvalue weighted by Crippen LogP contribution is -2.34. The van der Waals surface area contributed by atoms with E-state index >= 15 is 0 Å². The molecule has 1 aromatic rings. The summed E-state index contributed by atoms with van der Waals surface area (Å²) in [6.45, 7) is 9.60. The van der Waals surface area contributed by atoms with Gasteiger partial charge in [0, 0.05) is 0 Å². The predicted molar refractivity (Wildman–Crippen MR) is 78.5 cm³/mol. The second-order valence-corrected chi connectivity index (χ2v) is 5.44. The summed E-state index contributed by atoms with van der Waals surface area (Å²) in [4.78, 5) is 0. The lowest BCUT2D eigenvalue weighted by Gasteiger charge is -2.25. The van der Waals surface area contributed by atoms with Crippen LogP contribution < -0.4 is 5.32 Å². The van der Waals surface area contributed by atoms with Gasteiger partial charge in [-0.15, -0.1) is 0 Å². The Balaban J connectivity index is 2.93. The van der Waals surface area contributed by atoms with E-state index in [1.54, 1.807) is 0 Å². The summed E-state index contributed by atoms with van der Waals surface area (Å²) in [5.74, 6) is 0. The molecular formula is C16H24F3NO. The highest BCUT2D eigenvalue weighted by atomic mass is 19.4. The summed E-state index contributed by atoms with van der Waals surface area (Å²) in [7, 11) is 0. The van der Waals surface area contributed by atoms with Crippen LogP contribution in [0.3, 0.4) is 0 Å². The Hall–Kier alpha value is -1.07. The molecule has 0 heterocycles. The van der Waals surface area contributed by atoms with Crippen LogP contribution in [0, 0.1) is 20.8 Å². The molecule has 0 amide bonds. The maximum absolute atomic E-state index is 12.6. The van der Waals surface area contributed by atoms with Crippen LogP contribution in [0.1, 0.15) is 42.1 Å². The van der Waals surface area contributed by atoms with Gasteiger partial charge < -0.3 is 10.1 Å². The number of hydrogen-bond acceptors (Lipinski definition) is 2. The van der Waals surface area contributed by atoms with Gasteiger partial charge in [-0.25, -0.2) is 0 Å². The first kappa shape index (κ1) is 18.0. The number of nitrogens with one attached hydrogen (secondary N) is 1.